The highest BCUT2D eigenvalue weighted by Crippen LogP contribution is 2.32. The van der Waals surface area contributed by atoms with Gasteiger partial charge in [0.2, 0.25) is 5.91 Å². The highest BCUT2D eigenvalue weighted by Gasteiger charge is 2.56. The molecule has 0 bridgehead atoms. The van der Waals surface area contributed by atoms with Gasteiger partial charge in [-0.05, 0) is 0 Å². The number of nitrogens with one attached hydrogen (secondary N) is 1. The summed E-state index contributed by atoms with van der Waals surface area (Å²) in [6, 6.07) is -2.71. The predicted molar refractivity (Wildman–Crippen MR) is 87.8 cm³/mol. The summed E-state index contributed by atoms with van der Waals surface area (Å²) in [5, 5.41) is 11.4. The molecule has 13 nitrogen and oxygen atoms in total. The third kappa shape index (κ3) is 5.19. The van der Waals surface area contributed by atoms with E-state index < -0.39 is 79.4 Å². The summed E-state index contributed by atoms with van der Waals surface area (Å²) in [7, 11) is 0. The van der Waals surface area contributed by atoms with E-state index in [9.17, 15) is 33.9 Å². The molecule has 0 aromatic carbocycles. The van der Waals surface area contributed by atoms with E-state index in [4.69, 9.17) is 18.9 Å². The fourth-order valence-electron chi connectivity index (χ4n) is 3.07. The van der Waals surface area contributed by atoms with Crippen LogP contribution in [0, 0.1) is 0 Å². The lowest BCUT2D eigenvalue weighted by Gasteiger charge is -2.38. The largest absolute Gasteiger partial charge is 0.480 e. The number of ether oxygens (including phenoxy) is 4. The van der Waals surface area contributed by atoms with E-state index >= 15 is 0 Å². The Kier molecular flexibility index (Phi) is 6.74. The average molecular weight is 416 g/mol. The molecule has 29 heavy (non-hydrogen) atoms. The Morgan fingerprint density at radius 3 is 2.17 bits per heavy atom. The van der Waals surface area contributed by atoms with Crippen molar-refractivity contribution in [3.05, 3.63) is 0 Å². The summed E-state index contributed by atoms with van der Waals surface area (Å²) >= 11 is 0. The number of carboxylic acid groups (broad SMARTS) is 1. The van der Waals surface area contributed by atoms with Crippen molar-refractivity contribution in [2.24, 2.45) is 0 Å². The molecule has 13 heteroatoms. The van der Waals surface area contributed by atoms with Gasteiger partial charge >= 0.3 is 29.9 Å². The van der Waals surface area contributed by atoms with Gasteiger partial charge in [0.25, 0.3) is 0 Å². The smallest absolute Gasteiger partial charge is 0.327 e. The number of imide groups is 1. The quantitative estimate of drug-likeness (QED) is 0.382. The second-order valence-corrected chi connectivity index (χ2v) is 6.33. The van der Waals surface area contributed by atoms with E-state index in [-0.39, 0.29) is 0 Å². The molecule has 2 fully saturated rings. The zero-order chi connectivity index (χ0) is 21.9. The van der Waals surface area contributed by atoms with Crippen molar-refractivity contribution in [1.29, 1.82) is 0 Å². The van der Waals surface area contributed by atoms with Crippen LogP contribution in [0.25, 0.3) is 0 Å². The Labute approximate surface area is 164 Å². The molecule has 2 aliphatic heterocycles. The molecule has 160 valence electrons. The first-order valence-corrected chi connectivity index (χ1v) is 8.49. The Morgan fingerprint density at radius 2 is 1.66 bits per heavy atom. The summed E-state index contributed by atoms with van der Waals surface area (Å²) in [6.07, 6.45) is -6.01. The van der Waals surface area contributed by atoms with Crippen molar-refractivity contribution < 1.29 is 52.8 Å². The van der Waals surface area contributed by atoms with Gasteiger partial charge < -0.3 is 24.1 Å². The molecule has 0 aromatic rings. The van der Waals surface area contributed by atoms with Crippen LogP contribution in [0.4, 0.5) is 4.79 Å². The van der Waals surface area contributed by atoms with Gasteiger partial charge in [-0.1, -0.05) is 0 Å². The fourth-order valence-corrected chi connectivity index (χ4v) is 3.07. The van der Waals surface area contributed by atoms with E-state index in [1.807, 2.05) is 5.32 Å². The molecule has 3 amide bonds. The van der Waals surface area contributed by atoms with Crippen LogP contribution in [0.15, 0.2) is 0 Å². The number of hydrogen-bond acceptors (Lipinski definition) is 10. The fraction of sp³-hybridized carbons (Fsp3) is 0.625. The number of carbonyl (C=O) groups is 6. The molecule has 0 aromatic heterocycles. The minimum atomic E-state index is -1.62. The number of hydrogen-bond donors (Lipinski definition) is 2. The molecule has 5 atom stereocenters. The number of rotatable bonds is 6. The molecule has 2 heterocycles. The molecular weight excluding hydrogens is 396 g/mol. The van der Waals surface area contributed by atoms with E-state index in [0.29, 0.717) is 4.90 Å². The van der Waals surface area contributed by atoms with Gasteiger partial charge in [0.1, 0.15) is 18.8 Å². The summed E-state index contributed by atoms with van der Waals surface area (Å²) < 4.78 is 20.8. The van der Waals surface area contributed by atoms with E-state index in [2.05, 4.69) is 0 Å². The molecule has 0 aliphatic carbocycles. The third-order valence-electron chi connectivity index (χ3n) is 4.10. The Morgan fingerprint density at radius 1 is 1.07 bits per heavy atom. The van der Waals surface area contributed by atoms with Crippen LogP contribution >= 0.6 is 0 Å². The van der Waals surface area contributed by atoms with Crippen molar-refractivity contribution in [2.45, 2.75) is 57.8 Å². The summed E-state index contributed by atoms with van der Waals surface area (Å²) in [5.41, 5.74) is 0. The Hall–Kier alpha value is -3.22. The molecule has 0 spiro atoms. The van der Waals surface area contributed by atoms with Crippen LogP contribution in [0.1, 0.15) is 27.2 Å². The number of amides is 3. The molecule has 2 aliphatic rings. The molecule has 2 saturated heterocycles. The van der Waals surface area contributed by atoms with Crippen molar-refractivity contribution >= 4 is 35.8 Å². The van der Waals surface area contributed by atoms with Crippen molar-refractivity contribution in [3.8, 4) is 0 Å². The first kappa shape index (κ1) is 22.1. The molecule has 2 rings (SSSR count). The van der Waals surface area contributed by atoms with Crippen LogP contribution in [-0.4, -0.2) is 83.0 Å². The molecule has 2 N–H and O–H groups in total. The predicted octanol–water partition coefficient (Wildman–Crippen LogP) is -1.47. The van der Waals surface area contributed by atoms with Gasteiger partial charge in [-0.3, -0.25) is 29.4 Å². The maximum absolute atomic E-state index is 12.4. The average Bonchev–Trinajstić information content (AvgIpc) is 2.88. The zero-order valence-corrected chi connectivity index (χ0v) is 15.8. The normalized spacial score (nSPS) is 29.1. The molecule has 0 saturated carbocycles. The summed E-state index contributed by atoms with van der Waals surface area (Å²) in [5.74, 6) is -4.58. The number of aliphatic carboxylic acids is 1. The maximum atomic E-state index is 12.4. The highest BCUT2D eigenvalue weighted by atomic mass is 16.7. The number of urea groups is 1. The van der Waals surface area contributed by atoms with Crippen molar-refractivity contribution in [3.63, 3.8) is 0 Å². The zero-order valence-electron chi connectivity index (χ0n) is 15.8. The second kappa shape index (κ2) is 8.86. The summed E-state index contributed by atoms with van der Waals surface area (Å²) in [4.78, 5) is 70.5. The molecular formula is C16H20N2O11. The minimum absolute atomic E-state index is 0.423. The van der Waals surface area contributed by atoms with E-state index in [1.54, 1.807) is 0 Å². The van der Waals surface area contributed by atoms with E-state index in [1.165, 1.54) is 0 Å². The van der Waals surface area contributed by atoms with Gasteiger partial charge in [-0.25, -0.2) is 9.59 Å². The number of carboxylic acids is 1. The van der Waals surface area contributed by atoms with Crippen molar-refractivity contribution in [1.82, 2.24) is 10.2 Å². The standard InChI is InChI=1S/C16H20N2O11/c1-6(19)26-5-10-12(27-7(2)20)13(28-8(3)21)14(29-10)18-9(15(23)24)4-11(22)17-16(18)25/h9-10,12-14H,4-5H2,1-3H3,(H,23,24)(H,17,22,25)/t9?,10-,12-,13-,14-/m1/s1. The third-order valence-corrected chi connectivity index (χ3v) is 4.10. The SMILES string of the molecule is CC(=O)OC[C@H]1O[C@@H](N2C(=O)NC(=O)CC2C(=O)O)[C@H](OC(C)=O)[C@@H]1OC(C)=O. The Balaban J connectivity index is 2.42. The van der Waals surface area contributed by atoms with E-state index in [0.717, 1.165) is 20.8 Å². The molecule has 0 radical (unpaired) electrons. The van der Waals surface area contributed by atoms with Gasteiger partial charge in [0.05, 0.1) is 6.42 Å². The van der Waals surface area contributed by atoms with Gasteiger partial charge in [0.15, 0.2) is 18.4 Å². The highest BCUT2D eigenvalue weighted by molar-refractivity contribution is 6.01. The second-order valence-electron chi connectivity index (χ2n) is 6.33. The minimum Gasteiger partial charge on any atom is -0.480 e. The summed E-state index contributed by atoms with van der Waals surface area (Å²) in [6.45, 7) is 2.83. The van der Waals surface area contributed by atoms with Crippen LogP contribution in [0.2, 0.25) is 0 Å². The topological polar surface area (TPSA) is 175 Å². The van der Waals surface area contributed by atoms with Crippen LogP contribution in [-0.2, 0) is 42.9 Å². The lowest BCUT2D eigenvalue weighted by molar-refractivity contribution is -0.170. The van der Waals surface area contributed by atoms with Crippen LogP contribution in [0.3, 0.4) is 0 Å². The number of esters is 3. The first-order valence-electron chi connectivity index (χ1n) is 8.49. The van der Waals surface area contributed by atoms with Gasteiger partial charge in [-0.15, -0.1) is 0 Å². The number of nitrogens with zero attached hydrogens (tertiary/aromatic N) is 1. The van der Waals surface area contributed by atoms with Crippen LogP contribution in [0.5, 0.6) is 0 Å². The Bertz CT molecular complexity index is 736. The van der Waals surface area contributed by atoms with Gasteiger partial charge in [-0.2, -0.15) is 0 Å². The monoisotopic (exact) mass is 416 g/mol. The lowest BCUT2D eigenvalue weighted by Crippen LogP contribution is -2.63. The number of carbonyl (C=O) groups excluding carboxylic acids is 5. The van der Waals surface area contributed by atoms with Crippen LogP contribution < -0.4 is 5.32 Å². The van der Waals surface area contributed by atoms with Crippen molar-refractivity contribution in [2.75, 3.05) is 6.61 Å². The molecule has 1 unspecified atom stereocenters. The van der Waals surface area contributed by atoms with Gasteiger partial charge in [0, 0.05) is 20.8 Å². The lowest BCUT2D eigenvalue weighted by atomic mass is 10.1. The maximum Gasteiger partial charge on any atom is 0.327 e. The first-order chi connectivity index (χ1) is 13.5.